The topological polar surface area (TPSA) is 112 Å². The highest BCUT2D eigenvalue weighted by Gasteiger charge is 2.29. The van der Waals surface area contributed by atoms with Gasteiger partial charge in [0.05, 0.1) is 30.2 Å². The number of carbonyl (C=O) groups is 2. The van der Waals surface area contributed by atoms with Crippen LogP contribution in [0.3, 0.4) is 0 Å². The molecule has 2 amide bonds. The molecule has 178 valence electrons. The minimum absolute atomic E-state index is 0.234. The van der Waals surface area contributed by atoms with E-state index in [2.05, 4.69) is 15.3 Å². The SMILES string of the molecule is CON=C(C(=O)N(C)C)c1cc(C(=O)NOCCO)c(Nc2ccc(I)cc2F)c(F)c1F. The summed E-state index contributed by atoms with van der Waals surface area (Å²) in [6, 6.07) is 4.79. The number of oxime groups is 1. The lowest BCUT2D eigenvalue weighted by molar-refractivity contribution is -0.121. The summed E-state index contributed by atoms with van der Waals surface area (Å²) in [5, 5.41) is 14.7. The van der Waals surface area contributed by atoms with Crippen LogP contribution in [0.4, 0.5) is 24.5 Å². The summed E-state index contributed by atoms with van der Waals surface area (Å²) >= 11 is 1.87. The van der Waals surface area contributed by atoms with Crippen molar-refractivity contribution in [3.05, 3.63) is 56.4 Å². The van der Waals surface area contributed by atoms with E-state index in [-0.39, 0.29) is 12.3 Å². The minimum atomic E-state index is -1.58. The van der Waals surface area contributed by atoms with Gasteiger partial charge in [0.1, 0.15) is 12.9 Å². The predicted molar refractivity (Wildman–Crippen MR) is 122 cm³/mol. The van der Waals surface area contributed by atoms with Crippen molar-refractivity contribution < 1.29 is 37.5 Å². The van der Waals surface area contributed by atoms with Crippen LogP contribution in [0.5, 0.6) is 0 Å². The van der Waals surface area contributed by atoms with Gasteiger partial charge in [0, 0.05) is 23.2 Å². The normalized spacial score (nSPS) is 11.2. The first-order valence-electron chi connectivity index (χ1n) is 9.22. The first-order valence-corrected chi connectivity index (χ1v) is 10.3. The molecule has 0 heterocycles. The third kappa shape index (κ3) is 6.33. The molecule has 33 heavy (non-hydrogen) atoms. The largest absolute Gasteiger partial charge is 0.398 e. The summed E-state index contributed by atoms with van der Waals surface area (Å²) in [6.07, 6.45) is 0. The fraction of sp³-hybridized carbons (Fsp3) is 0.250. The van der Waals surface area contributed by atoms with E-state index >= 15 is 8.78 Å². The zero-order valence-electron chi connectivity index (χ0n) is 17.7. The summed E-state index contributed by atoms with van der Waals surface area (Å²) in [6.45, 7) is -0.712. The van der Waals surface area contributed by atoms with Crippen LogP contribution in [0, 0.1) is 21.0 Å². The maximum absolute atomic E-state index is 15.2. The van der Waals surface area contributed by atoms with Gasteiger partial charge in [-0.05, 0) is 46.9 Å². The Bertz CT molecular complexity index is 1080. The zero-order valence-corrected chi connectivity index (χ0v) is 19.9. The number of aliphatic hydroxyl groups is 1. The van der Waals surface area contributed by atoms with E-state index < -0.39 is 58.4 Å². The van der Waals surface area contributed by atoms with Crippen molar-refractivity contribution in [3.8, 4) is 0 Å². The number of halogens is 4. The van der Waals surface area contributed by atoms with Crippen LogP contribution in [0.2, 0.25) is 0 Å². The smallest absolute Gasteiger partial charge is 0.277 e. The van der Waals surface area contributed by atoms with E-state index in [1.165, 1.54) is 26.2 Å². The van der Waals surface area contributed by atoms with Crippen molar-refractivity contribution >= 4 is 51.5 Å². The average molecular weight is 580 g/mol. The Hall–Kier alpha value is -2.91. The molecule has 3 N–H and O–H groups in total. The zero-order chi connectivity index (χ0) is 24.7. The number of hydroxylamine groups is 1. The Kier molecular flexibility index (Phi) is 9.43. The number of nitrogens with zero attached hydrogens (tertiary/aromatic N) is 2. The van der Waals surface area contributed by atoms with Crippen LogP contribution in [-0.4, -0.2) is 62.0 Å². The fourth-order valence-corrected chi connectivity index (χ4v) is 3.00. The molecule has 0 saturated heterocycles. The van der Waals surface area contributed by atoms with Crippen molar-refractivity contribution in [3.63, 3.8) is 0 Å². The molecule has 0 aliphatic rings. The molecule has 0 fully saturated rings. The second kappa shape index (κ2) is 11.8. The molecule has 0 aromatic heterocycles. The van der Waals surface area contributed by atoms with E-state index in [1.54, 1.807) is 0 Å². The minimum Gasteiger partial charge on any atom is -0.398 e. The Balaban J connectivity index is 2.70. The highest BCUT2D eigenvalue weighted by atomic mass is 127. The van der Waals surface area contributed by atoms with Crippen LogP contribution >= 0.6 is 22.6 Å². The summed E-state index contributed by atoms with van der Waals surface area (Å²) in [5.74, 6) is -5.78. The molecule has 0 spiro atoms. The number of hydrogen-bond donors (Lipinski definition) is 3. The van der Waals surface area contributed by atoms with Crippen LogP contribution in [0.25, 0.3) is 0 Å². The summed E-state index contributed by atoms with van der Waals surface area (Å²) in [4.78, 5) is 35.5. The summed E-state index contributed by atoms with van der Waals surface area (Å²) < 4.78 is 45.1. The van der Waals surface area contributed by atoms with E-state index in [0.717, 1.165) is 24.1 Å². The quantitative estimate of drug-likeness (QED) is 0.182. The lowest BCUT2D eigenvalue weighted by atomic mass is 10.0. The number of carbonyl (C=O) groups excluding carboxylic acids is 2. The van der Waals surface area contributed by atoms with Crippen molar-refractivity contribution in [1.82, 2.24) is 10.4 Å². The second-order valence-corrected chi connectivity index (χ2v) is 7.79. The van der Waals surface area contributed by atoms with Crippen LogP contribution < -0.4 is 10.8 Å². The second-order valence-electron chi connectivity index (χ2n) is 6.55. The van der Waals surface area contributed by atoms with Crippen molar-refractivity contribution in [2.24, 2.45) is 5.16 Å². The van der Waals surface area contributed by atoms with Gasteiger partial charge in [0.25, 0.3) is 11.8 Å². The molecule has 2 aromatic rings. The molecule has 13 heteroatoms. The summed E-state index contributed by atoms with van der Waals surface area (Å²) in [5.41, 5.74) is -0.809. The monoisotopic (exact) mass is 580 g/mol. The molecular formula is C20H20F3IN4O5. The first kappa shape index (κ1) is 26.3. The number of hydrogen-bond acceptors (Lipinski definition) is 7. The summed E-state index contributed by atoms with van der Waals surface area (Å²) in [7, 11) is 3.81. The number of anilines is 2. The third-order valence-electron chi connectivity index (χ3n) is 4.05. The van der Waals surface area contributed by atoms with Gasteiger partial charge in [-0.3, -0.25) is 14.4 Å². The molecule has 2 aromatic carbocycles. The third-order valence-corrected chi connectivity index (χ3v) is 4.72. The van der Waals surface area contributed by atoms with Crippen molar-refractivity contribution in [1.29, 1.82) is 0 Å². The fourth-order valence-electron chi connectivity index (χ4n) is 2.55. The number of amides is 2. The van der Waals surface area contributed by atoms with Gasteiger partial charge in [-0.1, -0.05) is 5.16 Å². The first-order chi connectivity index (χ1) is 15.6. The van der Waals surface area contributed by atoms with Gasteiger partial charge < -0.3 is 20.2 Å². The van der Waals surface area contributed by atoms with Crippen molar-refractivity contribution in [2.45, 2.75) is 0 Å². The number of benzene rings is 2. The predicted octanol–water partition coefficient (Wildman–Crippen LogP) is 2.54. The molecule has 0 aliphatic carbocycles. The number of nitrogens with one attached hydrogen (secondary N) is 2. The van der Waals surface area contributed by atoms with Gasteiger partial charge in [-0.25, -0.2) is 18.7 Å². The lowest BCUT2D eigenvalue weighted by Crippen LogP contribution is -2.32. The molecule has 0 atom stereocenters. The highest BCUT2D eigenvalue weighted by Crippen LogP contribution is 2.31. The molecule has 0 bridgehead atoms. The van der Waals surface area contributed by atoms with Crippen LogP contribution in [0.15, 0.2) is 29.4 Å². The Labute approximate surface area is 200 Å². The van der Waals surface area contributed by atoms with Gasteiger partial charge in [0.2, 0.25) is 0 Å². The van der Waals surface area contributed by atoms with Gasteiger partial charge >= 0.3 is 0 Å². The maximum Gasteiger partial charge on any atom is 0.277 e. The van der Waals surface area contributed by atoms with Gasteiger partial charge in [-0.2, -0.15) is 0 Å². The molecule has 2 rings (SSSR count). The Morgan fingerprint density at radius 2 is 1.85 bits per heavy atom. The molecular weight excluding hydrogens is 560 g/mol. The molecule has 9 nitrogen and oxygen atoms in total. The highest BCUT2D eigenvalue weighted by molar-refractivity contribution is 14.1. The molecule has 0 unspecified atom stereocenters. The maximum atomic E-state index is 15.2. The standard InChI is InChI=1S/C20H20F3IN4O5/c1-28(2)20(31)18(26-32-3)11-9-12(19(30)27-33-7-6-29)17(16(23)15(11)22)25-14-5-4-10(24)8-13(14)21/h4-5,8-9,25,29H,6-7H2,1-3H3,(H,27,30). The van der Waals surface area contributed by atoms with Gasteiger partial charge in [-0.15, -0.1) is 0 Å². The van der Waals surface area contributed by atoms with E-state index in [9.17, 15) is 14.0 Å². The number of likely N-dealkylation sites (N-methyl/N-ethyl adjacent to an activating group) is 1. The number of rotatable bonds is 9. The Morgan fingerprint density at radius 1 is 1.15 bits per heavy atom. The van der Waals surface area contributed by atoms with E-state index in [4.69, 9.17) is 9.94 Å². The van der Waals surface area contributed by atoms with E-state index in [0.29, 0.717) is 3.57 Å². The lowest BCUT2D eigenvalue weighted by Gasteiger charge is -2.18. The van der Waals surface area contributed by atoms with Crippen molar-refractivity contribution in [2.75, 3.05) is 39.7 Å². The van der Waals surface area contributed by atoms with Crippen LogP contribution in [-0.2, 0) is 14.5 Å². The average Bonchev–Trinajstić information content (AvgIpc) is 2.77. The van der Waals surface area contributed by atoms with E-state index in [1.807, 2.05) is 28.1 Å². The Morgan fingerprint density at radius 3 is 2.42 bits per heavy atom. The van der Waals surface area contributed by atoms with Crippen LogP contribution in [0.1, 0.15) is 15.9 Å². The molecule has 0 saturated carbocycles. The molecule has 0 aliphatic heterocycles. The van der Waals surface area contributed by atoms with Gasteiger partial charge in [0.15, 0.2) is 17.3 Å². The number of aliphatic hydroxyl groups excluding tert-OH is 1. The molecule has 0 radical (unpaired) electrons.